The van der Waals surface area contributed by atoms with Crippen LogP contribution in [-0.2, 0) is 0 Å². The van der Waals surface area contributed by atoms with E-state index in [9.17, 15) is 0 Å². The number of para-hydroxylation sites is 2. The van der Waals surface area contributed by atoms with Crippen LogP contribution >= 0.6 is 0 Å². The minimum absolute atomic E-state index is 0.879. The average Bonchev–Trinajstić information content (AvgIpc) is 3.63. The summed E-state index contributed by atoms with van der Waals surface area (Å²) in [4.78, 5) is 2.27. The maximum absolute atomic E-state index is 6.24. The zero-order valence-corrected chi connectivity index (χ0v) is 23.2. The molecule has 0 aliphatic rings. The Kier molecular flexibility index (Phi) is 5.20. The molecular formula is C40H25NO2. The van der Waals surface area contributed by atoms with Crippen molar-refractivity contribution in [3.05, 3.63) is 152 Å². The lowest BCUT2D eigenvalue weighted by molar-refractivity contribution is 0.668. The molecule has 7 aromatic carbocycles. The van der Waals surface area contributed by atoms with Gasteiger partial charge >= 0.3 is 0 Å². The maximum Gasteiger partial charge on any atom is 0.137 e. The largest absolute Gasteiger partial charge is 0.456 e. The first-order valence-electron chi connectivity index (χ1n) is 14.5. The average molecular weight is 552 g/mol. The van der Waals surface area contributed by atoms with E-state index in [0.29, 0.717) is 0 Å². The lowest BCUT2D eigenvalue weighted by atomic mass is 10.00. The van der Waals surface area contributed by atoms with Gasteiger partial charge in [-0.15, -0.1) is 0 Å². The van der Waals surface area contributed by atoms with Crippen molar-refractivity contribution >= 4 is 71.7 Å². The molecule has 0 bridgehead atoms. The quantitative estimate of drug-likeness (QED) is 0.218. The fourth-order valence-electron chi connectivity index (χ4n) is 6.41. The Labute approximate surface area is 247 Å². The number of fused-ring (bicyclic) bond motifs is 8. The molecule has 2 heterocycles. The number of hydrogen-bond donors (Lipinski definition) is 0. The first kappa shape index (κ1) is 23.9. The van der Waals surface area contributed by atoms with Gasteiger partial charge in [0.05, 0.1) is 0 Å². The molecule has 0 aliphatic carbocycles. The number of furan rings is 2. The van der Waals surface area contributed by atoms with E-state index in [0.717, 1.165) is 66.7 Å². The van der Waals surface area contributed by atoms with Gasteiger partial charge in [0.15, 0.2) is 0 Å². The van der Waals surface area contributed by atoms with Gasteiger partial charge in [0.1, 0.15) is 22.3 Å². The molecule has 9 aromatic rings. The number of nitrogens with zero attached hydrogens (tertiary/aromatic N) is 1. The summed E-state index contributed by atoms with van der Waals surface area (Å²) in [6.07, 6.45) is 0. The molecule has 2 aromatic heterocycles. The van der Waals surface area contributed by atoms with Crippen molar-refractivity contribution in [2.75, 3.05) is 4.90 Å². The molecule has 0 saturated heterocycles. The second-order valence-electron chi connectivity index (χ2n) is 11.0. The van der Waals surface area contributed by atoms with Crippen LogP contribution in [0.15, 0.2) is 160 Å². The summed E-state index contributed by atoms with van der Waals surface area (Å²) in [5.41, 5.74) is 9.12. The van der Waals surface area contributed by atoms with Crippen molar-refractivity contribution in [1.82, 2.24) is 0 Å². The van der Waals surface area contributed by atoms with Gasteiger partial charge < -0.3 is 13.7 Å². The Morgan fingerprint density at radius 1 is 0.349 bits per heavy atom. The fraction of sp³-hybridized carbons (Fsp3) is 0. The summed E-state index contributed by atoms with van der Waals surface area (Å²) < 4.78 is 12.5. The third-order valence-electron chi connectivity index (χ3n) is 8.45. The predicted molar refractivity (Wildman–Crippen MR) is 179 cm³/mol. The van der Waals surface area contributed by atoms with E-state index >= 15 is 0 Å². The Balaban J connectivity index is 1.15. The van der Waals surface area contributed by atoms with Crippen LogP contribution in [0, 0.1) is 0 Å². The Hall–Kier alpha value is -5.80. The number of rotatable bonds is 4. The highest BCUT2D eigenvalue weighted by Gasteiger charge is 2.16. The normalized spacial score (nSPS) is 11.7. The summed E-state index contributed by atoms with van der Waals surface area (Å²) in [6, 6.07) is 53.1. The molecule has 0 aliphatic heterocycles. The first-order valence-corrected chi connectivity index (χ1v) is 14.5. The van der Waals surface area contributed by atoms with Crippen molar-refractivity contribution in [2.24, 2.45) is 0 Å². The minimum atomic E-state index is 0.879. The smallest absolute Gasteiger partial charge is 0.137 e. The molecule has 43 heavy (non-hydrogen) atoms. The van der Waals surface area contributed by atoms with E-state index in [-0.39, 0.29) is 0 Å². The van der Waals surface area contributed by atoms with Gasteiger partial charge in [0.2, 0.25) is 0 Å². The van der Waals surface area contributed by atoms with Gasteiger partial charge in [-0.05, 0) is 82.6 Å². The van der Waals surface area contributed by atoms with E-state index in [4.69, 9.17) is 8.83 Å². The van der Waals surface area contributed by atoms with Gasteiger partial charge in [-0.2, -0.15) is 0 Å². The molecule has 0 N–H and O–H groups in total. The zero-order chi connectivity index (χ0) is 28.3. The van der Waals surface area contributed by atoms with Gasteiger partial charge in [-0.1, -0.05) is 84.9 Å². The van der Waals surface area contributed by atoms with Gasteiger partial charge in [-0.3, -0.25) is 0 Å². The molecule has 3 nitrogen and oxygen atoms in total. The van der Waals surface area contributed by atoms with E-state index in [1.807, 2.05) is 18.2 Å². The van der Waals surface area contributed by atoms with Crippen LogP contribution in [0.2, 0.25) is 0 Å². The number of hydrogen-bond acceptors (Lipinski definition) is 3. The van der Waals surface area contributed by atoms with Crippen molar-refractivity contribution < 1.29 is 8.83 Å². The molecule has 0 unspecified atom stereocenters. The van der Waals surface area contributed by atoms with Crippen LogP contribution in [0.5, 0.6) is 0 Å². The fourth-order valence-corrected chi connectivity index (χ4v) is 6.41. The van der Waals surface area contributed by atoms with E-state index < -0.39 is 0 Å². The molecule has 0 amide bonds. The van der Waals surface area contributed by atoms with Crippen LogP contribution in [0.25, 0.3) is 65.8 Å². The molecule has 0 spiro atoms. The monoisotopic (exact) mass is 551 g/mol. The van der Waals surface area contributed by atoms with Crippen LogP contribution in [0.3, 0.4) is 0 Å². The van der Waals surface area contributed by atoms with Gasteiger partial charge in [0, 0.05) is 44.7 Å². The van der Waals surface area contributed by atoms with Crippen LogP contribution in [0.4, 0.5) is 17.1 Å². The molecule has 0 fully saturated rings. The maximum atomic E-state index is 6.24. The van der Waals surface area contributed by atoms with E-state index in [2.05, 4.69) is 138 Å². The van der Waals surface area contributed by atoms with Crippen LogP contribution in [0.1, 0.15) is 0 Å². The minimum Gasteiger partial charge on any atom is -0.456 e. The SMILES string of the molecule is c1ccc(N(c2ccc(-c3ccc4oc5ccc6ccccc6c5c4c3)cc2)c2ccc3c(c2)oc2ccccc23)cc1. The highest BCUT2D eigenvalue weighted by atomic mass is 16.3. The van der Waals surface area contributed by atoms with Crippen molar-refractivity contribution in [2.45, 2.75) is 0 Å². The van der Waals surface area contributed by atoms with Crippen molar-refractivity contribution in [3.8, 4) is 11.1 Å². The lowest BCUT2D eigenvalue weighted by Gasteiger charge is -2.25. The summed E-state index contributed by atoms with van der Waals surface area (Å²) >= 11 is 0. The van der Waals surface area contributed by atoms with E-state index in [1.165, 1.54) is 16.2 Å². The third-order valence-corrected chi connectivity index (χ3v) is 8.45. The summed E-state index contributed by atoms with van der Waals surface area (Å²) in [7, 11) is 0. The molecule has 9 rings (SSSR count). The standard InChI is InChI=1S/C40H25NO2/c1-2-9-29(10-3-1)41(31-20-21-34-33-12-6-7-13-36(33)43-39(34)25-31)30-18-14-26(15-19-30)28-17-22-37-35(24-28)40-32-11-5-4-8-27(32)16-23-38(40)42-37/h1-25H. The van der Waals surface area contributed by atoms with E-state index in [1.54, 1.807) is 0 Å². The van der Waals surface area contributed by atoms with Crippen LogP contribution in [-0.4, -0.2) is 0 Å². The molecule has 0 atom stereocenters. The Morgan fingerprint density at radius 2 is 0.977 bits per heavy atom. The highest BCUT2D eigenvalue weighted by molar-refractivity contribution is 6.19. The topological polar surface area (TPSA) is 29.5 Å². The number of benzene rings is 7. The second kappa shape index (κ2) is 9.37. The predicted octanol–water partition coefficient (Wildman–Crippen LogP) is 11.8. The molecule has 202 valence electrons. The Bertz CT molecular complexity index is 2450. The zero-order valence-electron chi connectivity index (χ0n) is 23.2. The summed E-state index contributed by atoms with van der Waals surface area (Å²) in [6.45, 7) is 0. The van der Waals surface area contributed by atoms with Gasteiger partial charge in [-0.25, -0.2) is 0 Å². The third kappa shape index (κ3) is 3.83. The molecule has 3 heteroatoms. The van der Waals surface area contributed by atoms with Gasteiger partial charge in [0.25, 0.3) is 0 Å². The molecule has 0 saturated carbocycles. The molecule has 0 radical (unpaired) electrons. The van der Waals surface area contributed by atoms with Crippen LogP contribution < -0.4 is 4.90 Å². The van der Waals surface area contributed by atoms with Crippen molar-refractivity contribution in [1.29, 1.82) is 0 Å². The summed E-state index contributed by atoms with van der Waals surface area (Å²) in [5.74, 6) is 0. The lowest BCUT2D eigenvalue weighted by Crippen LogP contribution is -2.09. The first-order chi connectivity index (χ1) is 21.3. The summed E-state index contributed by atoms with van der Waals surface area (Å²) in [5, 5.41) is 6.99. The van der Waals surface area contributed by atoms with Crippen molar-refractivity contribution in [3.63, 3.8) is 0 Å². The Morgan fingerprint density at radius 3 is 1.86 bits per heavy atom. The second-order valence-corrected chi connectivity index (χ2v) is 11.0. The number of anilines is 3. The highest BCUT2D eigenvalue weighted by Crippen LogP contribution is 2.40. The molecular weight excluding hydrogens is 526 g/mol.